The number of nitrogens with two attached hydrogens (primary N) is 1. The molecule has 0 aliphatic rings. The third-order valence-electron chi connectivity index (χ3n) is 2.55. The van der Waals surface area contributed by atoms with Crippen molar-refractivity contribution in [2.45, 2.75) is 0 Å². The largest absolute Gasteiger partial charge is 0.350 e. The van der Waals surface area contributed by atoms with Gasteiger partial charge in [-0.15, -0.1) is 10.2 Å². The topological polar surface area (TPSA) is 134 Å². The summed E-state index contributed by atoms with van der Waals surface area (Å²) < 4.78 is 0. The van der Waals surface area contributed by atoms with E-state index in [2.05, 4.69) is 36.0 Å². The lowest BCUT2D eigenvalue weighted by Crippen LogP contribution is -2.40. The van der Waals surface area contributed by atoms with Crippen molar-refractivity contribution in [2.24, 2.45) is 10.7 Å². The molecule has 2 heterocycles. The van der Waals surface area contributed by atoms with E-state index >= 15 is 0 Å². The van der Waals surface area contributed by atoms with E-state index in [4.69, 9.17) is 5.73 Å². The minimum absolute atomic E-state index is 0.155. The van der Waals surface area contributed by atoms with Gasteiger partial charge in [-0.25, -0.2) is 4.79 Å². The lowest BCUT2D eigenvalue weighted by Gasteiger charge is -1.97. The number of hydrazine groups is 1. The first-order valence-corrected chi connectivity index (χ1v) is 5.69. The maximum atomic E-state index is 10.4. The molecule has 20 heavy (non-hydrogen) atoms. The zero-order valence-corrected chi connectivity index (χ0v) is 10.2. The number of primary amides is 1. The molecule has 5 N–H and O–H groups in total. The minimum atomic E-state index is -0.721. The number of hydrogen-bond acceptors (Lipinski definition) is 5. The molecule has 100 valence electrons. The van der Waals surface area contributed by atoms with Gasteiger partial charge >= 0.3 is 6.03 Å². The molecule has 3 aromatic rings. The third-order valence-corrected chi connectivity index (χ3v) is 2.55. The van der Waals surface area contributed by atoms with E-state index in [1.165, 1.54) is 6.34 Å². The average molecular weight is 270 g/mol. The standard InChI is InChI=1S/C11H10N8O/c12-10(20)18-14-5-13-11-16-9-8(17-19-11)6-3-1-2-4-7(6)15-9/h1-5H,(H3,12,18,20)(H2,13,14,15,16,19). The summed E-state index contributed by atoms with van der Waals surface area (Å²) in [4.78, 5) is 21.7. The Morgan fingerprint density at radius 3 is 3.05 bits per heavy atom. The van der Waals surface area contributed by atoms with Crippen LogP contribution in [0.3, 0.4) is 0 Å². The number of nitrogens with zero attached hydrogens (tertiary/aromatic N) is 4. The van der Waals surface area contributed by atoms with Crippen molar-refractivity contribution >= 4 is 40.4 Å². The molecule has 2 aromatic heterocycles. The van der Waals surface area contributed by atoms with Crippen LogP contribution in [0.5, 0.6) is 0 Å². The predicted octanol–water partition coefficient (Wildman–Crippen LogP) is 0.339. The van der Waals surface area contributed by atoms with E-state index in [1.807, 2.05) is 24.3 Å². The molecule has 1 aromatic carbocycles. The molecule has 0 fully saturated rings. The number of fused-ring (bicyclic) bond motifs is 3. The Bertz CT molecular complexity index is 808. The number of carbonyl (C=O) groups excluding carboxylic acids is 1. The van der Waals surface area contributed by atoms with E-state index in [0.29, 0.717) is 11.2 Å². The van der Waals surface area contributed by atoms with Gasteiger partial charge in [0.05, 0.1) is 0 Å². The number of benzene rings is 1. The number of aromatic amines is 1. The molecule has 0 atom stereocenters. The number of para-hydroxylation sites is 1. The van der Waals surface area contributed by atoms with Gasteiger partial charge in [-0.05, 0) is 6.07 Å². The van der Waals surface area contributed by atoms with Crippen LogP contribution in [0.25, 0.3) is 22.1 Å². The summed E-state index contributed by atoms with van der Waals surface area (Å²) >= 11 is 0. The fourth-order valence-electron chi connectivity index (χ4n) is 1.76. The predicted molar refractivity (Wildman–Crippen MR) is 73.2 cm³/mol. The number of carbonyl (C=O) groups is 1. The first-order valence-electron chi connectivity index (χ1n) is 5.69. The number of urea groups is 1. The zero-order chi connectivity index (χ0) is 13.9. The number of H-pyrrole nitrogens is 1. The van der Waals surface area contributed by atoms with E-state index < -0.39 is 6.03 Å². The average Bonchev–Trinajstić information content (AvgIpc) is 2.81. The fraction of sp³-hybridized carbons (Fsp3) is 0. The molecular weight excluding hydrogens is 260 g/mol. The van der Waals surface area contributed by atoms with Crippen molar-refractivity contribution in [3.8, 4) is 0 Å². The van der Waals surface area contributed by atoms with Crippen molar-refractivity contribution in [1.82, 2.24) is 31.0 Å². The molecule has 0 saturated heterocycles. The number of aromatic nitrogens is 4. The lowest BCUT2D eigenvalue weighted by molar-refractivity contribution is 0.247. The molecule has 0 bridgehead atoms. The van der Waals surface area contributed by atoms with Crippen molar-refractivity contribution in [3.05, 3.63) is 24.3 Å². The van der Waals surface area contributed by atoms with E-state index in [1.54, 1.807) is 0 Å². The zero-order valence-electron chi connectivity index (χ0n) is 10.2. The van der Waals surface area contributed by atoms with Gasteiger partial charge in [0.15, 0.2) is 5.65 Å². The Morgan fingerprint density at radius 1 is 1.35 bits per heavy atom. The smallest absolute Gasteiger partial charge is 0.330 e. The Balaban J connectivity index is 1.91. The van der Waals surface area contributed by atoms with Crippen molar-refractivity contribution in [1.29, 1.82) is 0 Å². The quantitative estimate of drug-likeness (QED) is 0.309. The highest BCUT2D eigenvalue weighted by Crippen LogP contribution is 2.22. The Morgan fingerprint density at radius 2 is 2.20 bits per heavy atom. The van der Waals surface area contributed by atoms with Crippen molar-refractivity contribution < 1.29 is 4.79 Å². The molecule has 0 unspecified atom stereocenters. The summed E-state index contributed by atoms with van der Waals surface area (Å²) in [5, 5.41) is 8.92. The molecule has 0 aliphatic heterocycles. The third kappa shape index (κ3) is 2.19. The first kappa shape index (κ1) is 11.8. The second kappa shape index (κ2) is 4.80. The summed E-state index contributed by atoms with van der Waals surface area (Å²) in [6, 6.07) is 6.99. The second-order valence-electron chi connectivity index (χ2n) is 3.87. The monoisotopic (exact) mass is 270 g/mol. The Hall–Kier alpha value is -3.23. The molecule has 3 rings (SSSR count). The molecule has 0 spiro atoms. The van der Waals surface area contributed by atoms with Crippen LogP contribution in [-0.4, -0.2) is 32.5 Å². The number of amides is 2. The van der Waals surface area contributed by atoms with Crippen LogP contribution in [0.1, 0.15) is 0 Å². The van der Waals surface area contributed by atoms with Gasteiger partial charge in [-0.3, -0.25) is 10.9 Å². The summed E-state index contributed by atoms with van der Waals surface area (Å²) in [6.45, 7) is 0. The first-order chi connectivity index (χ1) is 9.74. The fourth-order valence-corrected chi connectivity index (χ4v) is 1.76. The van der Waals surface area contributed by atoms with Crippen LogP contribution in [0.2, 0.25) is 0 Å². The highest BCUT2D eigenvalue weighted by atomic mass is 16.2. The van der Waals surface area contributed by atoms with Gasteiger partial charge < -0.3 is 10.7 Å². The van der Waals surface area contributed by atoms with Gasteiger partial charge in [0.1, 0.15) is 11.9 Å². The number of aliphatic imine (C=N–C) groups is 1. The Labute approximate surface area is 112 Å². The van der Waals surface area contributed by atoms with E-state index in [9.17, 15) is 4.79 Å². The highest BCUT2D eigenvalue weighted by Gasteiger charge is 2.07. The molecule has 9 nitrogen and oxygen atoms in total. The SMILES string of the molecule is NC(=O)NNC=Nc1nnc2c(n1)[nH]c1ccccc12. The maximum Gasteiger partial charge on any atom is 0.330 e. The molecular formula is C11H10N8O. The van der Waals surface area contributed by atoms with Crippen LogP contribution in [-0.2, 0) is 0 Å². The molecule has 9 heteroatoms. The van der Waals surface area contributed by atoms with Gasteiger partial charge in [-0.2, -0.15) is 9.98 Å². The summed E-state index contributed by atoms with van der Waals surface area (Å²) in [7, 11) is 0. The van der Waals surface area contributed by atoms with Gasteiger partial charge in [-0.1, -0.05) is 18.2 Å². The van der Waals surface area contributed by atoms with Crippen LogP contribution in [0, 0.1) is 0 Å². The van der Waals surface area contributed by atoms with Crippen LogP contribution < -0.4 is 16.6 Å². The van der Waals surface area contributed by atoms with Gasteiger partial charge in [0.25, 0.3) is 5.95 Å². The minimum Gasteiger partial charge on any atom is -0.350 e. The molecule has 0 aliphatic carbocycles. The molecule has 0 radical (unpaired) electrons. The summed E-state index contributed by atoms with van der Waals surface area (Å²) in [5.74, 6) is 0.155. The van der Waals surface area contributed by atoms with Crippen molar-refractivity contribution in [2.75, 3.05) is 0 Å². The molecule has 2 amide bonds. The summed E-state index contributed by atoms with van der Waals surface area (Å²) in [5.41, 5.74) is 11.6. The number of hydrogen-bond donors (Lipinski definition) is 4. The van der Waals surface area contributed by atoms with E-state index in [0.717, 1.165) is 10.9 Å². The number of nitrogens with one attached hydrogen (secondary N) is 3. The Kier molecular flexibility index (Phi) is 2.84. The lowest BCUT2D eigenvalue weighted by atomic mass is 10.2. The highest BCUT2D eigenvalue weighted by molar-refractivity contribution is 6.03. The second-order valence-corrected chi connectivity index (χ2v) is 3.87. The van der Waals surface area contributed by atoms with Crippen LogP contribution in [0.15, 0.2) is 29.3 Å². The van der Waals surface area contributed by atoms with Crippen molar-refractivity contribution in [3.63, 3.8) is 0 Å². The summed E-state index contributed by atoms with van der Waals surface area (Å²) in [6.07, 6.45) is 1.20. The molecule has 0 saturated carbocycles. The van der Waals surface area contributed by atoms with E-state index in [-0.39, 0.29) is 5.95 Å². The van der Waals surface area contributed by atoms with Gasteiger partial charge in [0.2, 0.25) is 0 Å². The van der Waals surface area contributed by atoms with Gasteiger partial charge in [0, 0.05) is 10.9 Å². The van der Waals surface area contributed by atoms with Crippen LogP contribution >= 0.6 is 0 Å². The maximum absolute atomic E-state index is 10.4. The number of rotatable bonds is 3. The van der Waals surface area contributed by atoms with Crippen LogP contribution in [0.4, 0.5) is 10.7 Å². The normalized spacial score (nSPS) is 11.2.